The molecule has 2 aliphatic rings. The molecule has 0 N–H and O–H groups in total. The molecule has 0 spiro atoms. The highest BCUT2D eigenvalue weighted by Crippen LogP contribution is 2.32. The van der Waals surface area contributed by atoms with E-state index in [9.17, 15) is 4.79 Å². The molecule has 3 atom stereocenters. The number of ether oxygens (including phenoxy) is 3. The van der Waals surface area contributed by atoms with Gasteiger partial charge in [-0.25, -0.2) is 0 Å². The number of esters is 1. The zero-order valence-electron chi connectivity index (χ0n) is 17.9. The summed E-state index contributed by atoms with van der Waals surface area (Å²) in [7, 11) is 2.14. The van der Waals surface area contributed by atoms with Crippen molar-refractivity contribution in [3.63, 3.8) is 0 Å². The first-order chi connectivity index (χ1) is 14.0. The SMILES string of the molecule is CCCCCCOc1nsnc1C1=CCC[N+](C)(C(C)OC(=O)C2CCOC2)C1. The Kier molecular flexibility index (Phi) is 8.03. The van der Waals surface area contributed by atoms with Crippen LogP contribution in [-0.2, 0) is 14.3 Å². The highest BCUT2D eigenvalue weighted by molar-refractivity contribution is 6.99. The summed E-state index contributed by atoms with van der Waals surface area (Å²) < 4.78 is 26.6. The van der Waals surface area contributed by atoms with Gasteiger partial charge in [-0.2, -0.15) is 4.37 Å². The number of likely N-dealkylation sites (N-methyl/N-ethyl adjacent to an activating group) is 1. The lowest BCUT2D eigenvalue weighted by Gasteiger charge is -2.41. The van der Waals surface area contributed by atoms with Crippen molar-refractivity contribution in [2.45, 2.75) is 58.6 Å². The maximum atomic E-state index is 12.4. The Morgan fingerprint density at radius 3 is 3.00 bits per heavy atom. The van der Waals surface area contributed by atoms with Crippen LogP contribution in [0.15, 0.2) is 6.08 Å². The molecule has 8 heteroatoms. The van der Waals surface area contributed by atoms with Crippen molar-refractivity contribution in [1.29, 1.82) is 0 Å². The molecule has 1 aromatic rings. The number of carbonyl (C=O) groups is 1. The molecule has 7 nitrogen and oxygen atoms in total. The van der Waals surface area contributed by atoms with Crippen LogP contribution in [0, 0.1) is 5.92 Å². The smallest absolute Gasteiger partial charge is 0.315 e. The molecule has 29 heavy (non-hydrogen) atoms. The molecule has 3 rings (SSSR count). The van der Waals surface area contributed by atoms with E-state index in [1.54, 1.807) is 0 Å². The number of rotatable bonds is 10. The van der Waals surface area contributed by atoms with Gasteiger partial charge in [0.2, 0.25) is 6.23 Å². The third-order valence-electron chi connectivity index (χ3n) is 5.99. The minimum absolute atomic E-state index is 0.126. The van der Waals surface area contributed by atoms with E-state index in [0.717, 1.165) is 43.6 Å². The van der Waals surface area contributed by atoms with Gasteiger partial charge in [-0.1, -0.05) is 32.3 Å². The number of hydrogen-bond acceptors (Lipinski definition) is 7. The van der Waals surface area contributed by atoms with Crippen molar-refractivity contribution in [1.82, 2.24) is 8.75 Å². The predicted molar refractivity (Wildman–Crippen MR) is 113 cm³/mol. The second kappa shape index (κ2) is 10.5. The normalized spacial score (nSPS) is 25.5. The zero-order chi connectivity index (χ0) is 20.7. The summed E-state index contributed by atoms with van der Waals surface area (Å²) in [4.78, 5) is 12.4. The van der Waals surface area contributed by atoms with Crippen molar-refractivity contribution in [2.75, 3.05) is 40.0 Å². The van der Waals surface area contributed by atoms with Crippen LogP contribution in [0.25, 0.3) is 5.57 Å². The number of carbonyl (C=O) groups excluding carboxylic acids is 1. The maximum absolute atomic E-state index is 12.4. The first kappa shape index (κ1) is 22.2. The van der Waals surface area contributed by atoms with E-state index >= 15 is 0 Å². The standard InChI is InChI=1S/C21H34N3O4S/c1-4-5-6-7-12-27-20-19(22-29-23-20)17-9-8-11-24(3,14-17)16(2)28-21(25)18-10-13-26-15-18/h9,16,18H,4-8,10-15H2,1-3H3/q+1. The van der Waals surface area contributed by atoms with Crippen molar-refractivity contribution < 1.29 is 23.5 Å². The maximum Gasteiger partial charge on any atom is 0.315 e. The Hall–Kier alpha value is -1.51. The van der Waals surface area contributed by atoms with Crippen molar-refractivity contribution in [2.24, 2.45) is 5.92 Å². The van der Waals surface area contributed by atoms with Crippen LogP contribution in [0.5, 0.6) is 5.88 Å². The average Bonchev–Trinajstić information content (AvgIpc) is 3.40. The van der Waals surface area contributed by atoms with Crippen LogP contribution in [0.3, 0.4) is 0 Å². The molecule has 1 saturated heterocycles. The third-order valence-corrected chi connectivity index (χ3v) is 6.50. The minimum atomic E-state index is -0.225. The van der Waals surface area contributed by atoms with E-state index in [4.69, 9.17) is 14.2 Å². The van der Waals surface area contributed by atoms with Gasteiger partial charge in [-0.05, 0) is 12.8 Å². The van der Waals surface area contributed by atoms with Crippen LogP contribution >= 0.6 is 11.7 Å². The molecule has 162 valence electrons. The van der Waals surface area contributed by atoms with Gasteiger partial charge in [0.15, 0.2) is 0 Å². The van der Waals surface area contributed by atoms with Crippen molar-refractivity contribution >= 4 is 23.3 Å². The second-order valence-corrected chi connectivity index (χ2v) is 8.83. The first-order valence-corrected chi connectivity index (χ1v) is 11.5. The third kappa shape index (κ3) is 5.77. The molecular formula is C21H34N3O4S+. The fourth-order valence-corrected chi connectivity index (χ4v) is 4.36. The molecule has 2 aliphatic heterocycles. The van der Waals surface area contributed by atoms with E-state index in [-0.39, 0.29) is 18.1 Å². The average molecular weight is 425 g/mol. The molecule has 0 aliphatic carbocycles. The van der Waals surface area contributed by atoms with Crippen LogP contribution in [-0.4, -0.2) is 65.4 Å². The summed E-state index contributed by atoms with van der Waals surface area (Å²) in [6.45, 7) is 7.65. The molecule has 1 aromatic heterocycles. The van der Waals surface area contributed by atoms with Gasteiger partial charge < -0.3 is 14.2 Å². The Balaban J connectivity index is 1.59. The van der Waals surface area contributed by atoms with E-state index < -0.39 is 0 Å². The van der Waals surface area contributed by atoms with Crippen molar-refractivity contribution in [3.8, 4) is 5.88 Å². The Morgan fingerprint density at radius 1 is 1.38 bits per heavy atom. The van der Waals surface area contributed by atoms with Crippen LogP contribution in [0.1, 0.15) is 58.1 Å². The predicted octanol–water partition coefficient (Wildman–Crippen LogP) is 3.66. The highest BCUT2D eigenvalue weighted by atomic mass is 32.1. The van der Waals surface area contributed by atoms with E-state index in [0.29, 0.717) is 30.2 Å². The van der Waals surface area contributed by atoms with Crippen LogP contribution < -0.4 is 4.74 Å². The van der Waals surface area contributed by atoms with Crippen molar-refractivity contribution in [3.05, 3.63) is 11.8 Å². The lowest BCUT2D eigenvalue weighted by Crippen LogP contribution is -2.55. The van der Waals surface area contributed by atoms with Gasteiger partial charge in [0.05, 0.1) is 44.5 Å². The molecule has 0 amide bonds. The molecule has 0 aromatic carbocycles. The minimum Gasteiger partial charge on any atom is -0.475 e. The topological polar surface area (TPSA) is 70.5 Å². The van der Waals surface area contributed by atoms with Gasteiger partial charge in [0.1, 0.15) is 12.2 Å². The number of quaternary nitrogens is 1. The summed E-state index contributed by atoms with van der Waals surface area (Å²) >= 11 is 1.19. The van der Waals surface area contributed by atoms with E-state index in [1.165, 1.54) is 31.0 Å². The molecule has 1 fully saturated rings. The number of aromatic nitrogens is 2. The summed E-state index contributed by atoms with van der Waals surface area (Å²) in [6.07, 6.45) is 8.32. The van der Waals surface area contributed by atoms with Gasteiger partial charge in [0.25, 0.3) is 5.88 Å². The van der Waals surface area contributed by atoms with Crippen LogP contribution in [0.4, 0.5) is 0 Å². The first-order valence-electron chi connectivity index (χ1n) is 10.8. The number of nitrogens with zero attached hydrogens (tertiary/aromatic N) is 3. The quantitative estimate of drug-likeness (QED) is 0.324. The number of hydrogen-bond donors (Lipinski definition) is 0. The molecule has 0 saturated carbocycles. The van der Waals surface area contributed by atoms with Gasteiger partial charge >= 0.3 is 5.97 Å². The number of unbranched alkanes of at least 4 members (excludes halogenated alkanes) is 3. The Bertz CT molecular complexity index is 702. The monoisotopic (exact) mass is 424 g/mol. The van der Waals surface area contributed by atoms with Gasteiger partial charge in [-0.3, -0.25) is 9.28 Å². The molecule has 3 heterocycles. The summed E-state index contributed by atoms with van der Waals surface area (Å²) in [5, 5.41) is 0. The van der Waals surface area contributed by atoms with Gasteiger partial charge in [0, 0.05) is 25.5 Å². The van der Waals surface area contributed by atoms with Crippen LogP contribution in [0.2, 0.25) is 0 Å². The second-order valence-electron chi connectivity index (χ2n) is 8.30. The lowest BCUT2D eigenvalue weighted by atomic mass is 10.0. The fourth-order valence-electron chi connectivity index (χ4n) is 3.83. The highest BCUT2D eigenvalue weighted by Gasteiger charge is 2.38. The lowest BCUT2D eigenvalue weighted by molar-refractivity contribution is -0.944. The fraction of sp³-hybridized carbons (Fsp3) is 0.762. The summed E-state index contributed by atoms with van der Waals surface area (Å²) in [5.74, 6) is 0.370. The zero-order valence-corrected chi connectivity index (χ0v) is 18.7. The van der Waals surface area contributed by atoms with Gasteiger partial charge in [-0.15, -0.1) is 4.37 Å². The Labute approximate surface area is 177 Å². The Morgan fingerprint density at radius 2 is 2.24 bits per heavy atom. The molecule has 0 radical (unpaired) electrons. The van der Waals surface area contributed by atoms with E-state index in [2.05, 4.69) is 28.8 Å². The van der Waals surface area contributed by atoms with E-state index in [1.807, 2.05) is 6.92 Å². The summed E-state index contributed by atoms with van der Waals surface area (Å²) in [5.41, 5.74) is 1.97. The molecule has 3 unspecified atom stereocenters. The largest absolute Gasteiger partial charge is 0.475 e. The molecular weight excluding hydrogens is 390 g/mol. The molecule has 0 bridgehead atoms. The summed E-state index contributed by atoms with van der Waals surface area (Å²) in [6, 6.07) is 0.